The molecule has 1 heterocycles. The number of carbonyl (C=O) groups is 2. The molecule has 2 aromatic rings. The summed E-state index contributed by atoms with van der Waals surface area (Å²) < 4.78 is 13.0. The van der Waals surface area contributed by atoms with Gasteiger partial charge in [-0.15, -0.1) is 0 Å². The molecule has 2 amide bonds. The highest BCUT2D eigenvalue weighted by Gasteiger charge is 2.38. The lowest BCUT2D eigenvalue weighted by atomic mass is 10.3. The van der Waals surface area contributed by atoms with Crippen LogP contribution in [-0.2, 0) is 9.59 Å². The Morgan fingerprint density at radius 2 is 1.55 bits per heavy atom. The Morgan fingerprint density at radius 3 is 2.18 bits per heavy atom. The molecule has 110 valence electrons. The van der Waals surface area contributed by atoms with Crippen LogP contribution in [0.25, 0.3) is 0 Å². The zero-order valence-electron chi connectivity index (χ0n) is 11.2. The molecule has 0 aliphatic carbocycles. The number of halogens is 2. The SMILES string of the molecule is O=C1C(Cl)=C(Nc2ccccc2)C(=O)N1c1ccc(F)cc1. The Hall–Kier alpha value is -2.66. The van der Waals surface area contributed by atoms with Crippen LogP contribution in [0.15, 0.2) is 65.3 Å². The van der Waals surface area contributed by atoms with Crippen molar-refractivity contribution in [2.45, 2.75) is 0 Å². The average molecular weight is 317 g/mol. The molecular formula is C16H10ClFN2O2. The van der Waals surface area contributed by atoms with E-state index in [-0.39, 0.29) is 16.4 Å². The van der Waals surface area contributed by atoms with Crippen molar-refractivity contribution in [2.75, 3.05) is 10.2 Å². The Balaban J connectivity index is 1.91. The molecular weight excluding hydrogens is 307 g/mol. The van der Waals surface area contributed by atoms with Crippen LogP contribution >= 0.6 is 11.6 Å². The second-order valence-corrected chi connectivity index (χ2v) is 4.98. The van der Waals surface area contributed by atoms with E-state index in [9.17, 15) is 14.0 Å². The third-order valence-electron chi connectivity index (χ3n) is 3.16. The van der Waals surface area contributed by atoms with Crippen molar-refractivity contribution in [1.82, 2.24) is 0 Å². The van der Waals surface area contributed by atoms with Crippen molar-refractivity contribution in [3.05, 3.63) is 71.1 Å². The largest absolute Gasteiger partial charge is 0.350 e. The van der Waals surface area contributed by atoms with Crippen molar-refractivity contribution in [3.8, 4) is 0 Å². The van der Waals surface area contributed by atoms with Crippen LogP contribution in [0.5, 0.6) is 0 Å². The van der Waals surface area contributed by atoms with Gasteiger partial charge in [-0.3, -0.25) is 9.59 Å². The van der Waals surface area contributed by atoms with E-state index in [1.165, 1.54) is 24.3 Å². The number of imide groups is 1. The first-order chi connectivity index (χ1) is 10.6. The van der Waals surface area contributed by atoms with E-state index in [2.05, 4.69) is 5.32 Å². The zero-order chi connectivity index (χ0) is 15.7. The molecule has 0 spiro atoms. The monoisotopic (exact) mass is 316 g/mol. The minimum absolute atomic E-state index is 0.00203. The van der Waals surface area contributed by atoms with Gasteiger partial charge >= 0.3 is 0 Å². The number of benzene rings is 2. The number of hydrogen-bond donors (Lipinski definition) is 1. The quantitative estimate of drug-likeness (QED) is 0.884. The molecule has 6 heteroatoms. The van der Waals surface area contributed by atoms with E-state index in [1.54, 1.807) is 24.3 Å². The summed E-state index contributed by atoms with van der Waals surface area (Å²) in [7, 11) is 0. The molecule has 22 heavy (non-hydrogen) atoms. The van der Waals surface area contributed by atoms with E-state index in [0.29, 0.717) is 5.69 Å². The number of hydrogen-bond acceptors (Lipinski definition) is 3. The molecule has 0 saturated carbocycles. The molecule has 2 aromatic carbocycles. The summed E-state index contributed by atoms with van der Waals surface area (Å²) in [5, 5.41) is 2.65. The molecule has 1 aliphatic heterocycles. The van der Waals surface area contributed by atoms with E-state index < -0.39 is 17.6 Å². The summed E-state index contributed by atoms with van der Waals surface area (Å²) in [6.45, 7) is 0. The van der Waals surface area contributed by atoms with Crippen LogP contribution in [-0.4, -0.2) is 11.8 Å². The van der Waals surface area contributed by atoms with Crippen LogP contribution in [0.3, 0.4) is 0 Å². The predicted octanol–water partition coefficient (Wildman–Crippen LogP) is 3.26. The fraction of sp³-hybridized carbons (Fsp3) is 0. The summed E-state index contributed by atoms with van der Waals surface area (Å²) in [5.41, 5.74) is 0.902. The van der Waals surface area contributed by atoms with Crippen LogP contribution in [0, 0.1) is 5.82 Å². The van der Waals surface area contributed by atoms with E-state index in [4.69, 9.17) is 11.6 Å². The van der Waals surface area contributed by atoms with Crippen molar-refractivity contribution in [2.24, 2.45) is 0 Å². The summed E-state index contributed by atoms with van der Waals surface area (Å²) in [4.78, 5) is 25.5. The Labute approximate surface area is 130 Å². The molecule has 0 unspecified atom stereocenters. The molecule has 0 radical (unpaired) electrons. The number of rotatable bonds is 3. The summed E-state index contributed by atoms with van der Waals surface area (Å²) >= 11 is 5.98. The van der Waals surface area contributed by atoms with Gasteiger partial charge in [-0.2, -0.15) is 0 Å². The topological polar surface area (TPSA) is 49.4 Å². The van der Waals surface area contributed by atoms with E-state index in [0.717, 1.165) is 4.90 Å². The van der Waals surface area contributed by atoms with Gasteiger partial charge in [0.15, 0.2) is 0 Å². The van der Waals surface area contributed by atoms with Gasteiger partial charge in [0, 0.05) is 5.69 Å². The first-order valence-electron chi connectivity index (χ1n) is 6.44. The highest BCUT2D eigenvalue weighted by molar-refractivity contribution is 6.53. The number of carbonyl (C=O) groups excluding carboxylic acids is 2. The van der Waals surface area contributed by atoms with Crippen LogP contribution in [0.2, 0.25) is 0 Å². The summed E-state index contributed by atoms with van der Waals surface area (Å²) in [6, 6.07) is 13.9. The van der Waals surface area contributed by atoms with Crippen LogP contribution in [0.4, 0.5) is 15.8 Å². The highest BCUT2D eigenvalue weighted by Crippen LogP contribution is 2.29. The molecule has 4 nitrogen and oxygen atoms in total. The minimum atomic E-state index is -0.642. The van der Waals surface area contributed by atoms with Gasteiger partial charge in [0.1, 0.15) is 16.5 Å². The first kappa shape index (κ1) is 14.3. The summed E-state index contributed by atoms with van der Waals surface area (Å²) in [6.07, 6.45) is 0. The molecule has 0 saturated heterocycles. The average Bonchev–Trinajstić information content (AvgIpc) is 2.73. The Morgan fingerprint density at radius 1 is 0.909 bits per heavy atom. The second-order valence-electron chi connectivity index (χ2n) is 4.60. The van der Waals surface area contributed by atoms with Crippen LogP contribution < -0.4 is 10.2 Å². The number of nitrogens with one attached hydrogen (secondary N) is 1. The normalized spacial score (nSPS) is 14.7. The van der Waals surface area contributed by atoms with Gasteiger partial charge in [-0.1, -0.05) is 29.8 Å². The third-order valence-corrected chi connectivity index (χ3v) is 3.51. The van der Waals surface area contributed by atoms with Crippen molar-refractivity contribution >= 4 is 34.8 Å². The van der Waals surface area contributed by atoms with E-state index >= 15 is 0 Å². The van der Waals surface area contributed by atoms with Gasteiger partial charge in [-0.25, -0.2) is 9.29 Å². The standard InChI is InChI=1S/C16H10ClFN2O2/c17-13-14(19-11-4-2-1-3-5-11)16(22)20(15(13)21)12-8-6-10(18)7-9-12/h1-9,19H. The minimum Gasteiger partial charge on any atom is -0.350 e. The number of para-hydroxylation sites is 1. The van der Waals surface area contributed by atoms with Gasteiger partial charge in [0.2, 0.25) is 0 Å². The first-order valence-corrected chi connectivity index (χ1v) is 6.82. The Kier molecular flexibility index (Phi) is 3.65. The van der Waals surface area contributed by atoms with Crippen molar-refractivity contribution in [1.29, 1.82) is 0 Å². The molecule has 0 bridgehead atoms. The van der Waals surface area contributed by atoms with E-state index in [1.807, 2.05) is 6.07 Å². The highest BCUT2D eigenvalue weighted by atomic mass is 35.5. The second kappa shape index (κ2) is 5.61. The van der Waals surface area contributed by atoms with Crippen molar-refractivity contribution < 1.29 is 14.0 Å². The molecule has 3 rings (SSSR count). The molecule has 1 aliphatic rings. The van der Waals surface area contributed by atoms with Gasteiger partial charge < -0.3 is 5.32 Å². The lowest BCUT2D eigenvalue weighted by Crippen LogP contribution is -2.32. The molecule has 0 fully saturated rings. The molecule has 0 aromatic heterocycles. The lowest BCUT2D eigenvalue weighted by Gasteiger charge is -2.14. The maximum Gasteiger partial charge on any atom is 0.283 e. The maximum atomic E-state index is 13.0. The van der Waals surface area contributed by atoms with Gasteiger partial charge in [-0.05, 0) is 36.4 Å². The Bertz CT molecular complexity index is 772. The lowest BCUT2D eigenvalue weighted by molar-refractivity contribution is -0.120. The summed E-state index contributed by atoms with van der Waals surface area (Å²) in [5.74, 6) is -1.67. The fourth-order valence-electron chi connectivity index (χ4n) is 2.10. The van der Waals surface area contributed by atoms with Crippen molar-refractivity contribution in [3.63, 3.8) is 0 Å². The smallest absolute Gasteiger partial charge is 0.283 e. The number of amides is 2. The van der Waals surface area contributed by atoms with Gasteiger partial charge in [0.25, 0.3) is 11.8 Å². The molecule has 0 atom stereocenters. The van der Waals surface area contributed by atoms with Gasteiger partial charge in [0.05, 0.1) is 5.69 Å². The third kappa shape index (κ3) is 2.46. The van der Waals surface area contributed by atoms with Crippen LogP contribution in [0.1, 0.15) is 0 Å². The fourth-order valence-corrected chi connectivity index (χ4v) is 2.31. The number of nitrogens with zero attached hydrogens (tertiary/aromatic N) is 1. The zero-order valence-corrected chi connectivity index (χ0v) is 12.0. The predicted molar refractivity (Wildman–Crippen MR) is 81.8 cm³/mol. The molecule has 1 N–H and O–H groups in total. The maximum absolute atomic E-state index is 13.0. The number of anilines is 2.